The number of carbonyl (C=O) groups excluding carboxylic acids is 1. The van der Waals surface area contributed by atoms with Crippen molar-refractivity contribution in [3.05, 3.63) is 30.5 Å². The first-order valence-electron chi connectivity index (χ1n) is 3.48. The van der Waals surface area contributed by atoms with Crippen molar-refractivity contribution in [3.8, 4) is 0 Å². The molecule has 2 heterocycles. The molecule has 4 nitrogen and oxygen atoms in total. The summed E-state index contributed by atoms with van der Waals surface area (Å²) in [6, 6.07) is 7.45. The zero-order valence-electron chi connectivity index (χ0n) is 6.19. The van der Waals surface area contributed by atoms with Gasteiger partial charge in [-0.3, -0.25) is 4.79 Å². The van der Waals surface area contributed by atoms with Gasteiger partial charge in [0.15, 0.2) is 5.82 Å². The van der Waals surface area contributed by atoms with Gasteiger partial charge in [-0.05, 0) is 12.1 Å². The van der Waals surface area contributed by atoms with Gasteiger partial charge in [0, 0.05) is 12.3 Å². The van der Waals surface area contributed by atoms with Gasteiger partial charge in [0.1, 0.15) is 0 Å². The van der Waals surface area contributed by atoms with Crippen molar-refractivity contribution in [3.63, 3.8) is 0 Å². The first-order chi connectivity index (χ1) is 5.90. The fourth-order valence-corrected chi connectivity index (χ4v) is 1.05. The smallest absolute Gasteiger partial charge is 0.301 e. The average Bonchev–Trinajstić information content (AvgIpc) is 2.47. The number of pyridine rings is 1. The van der Waals surface area contributed by atoms with E-state index in [2.05, 4.69) is 10.4 Å². The summed E-state index contributed by atoms with van der Waals surface area (Å²) in [5.74, 6) is 0.510. The van der Waals surface area contributed by atoms with Gasteiger partial charge in [-0.2, -0.15) is 5.10 Å². The van der Waals surface area contributed by atoms with Crippen molar-refractivity contribution >= 4 is 17.7 Å². The third kappa shape index (κ3) is 1.03. The molecule has 0 aliphatic heterocycles. The number of hydrogen-bond acceptors (Lipinski definition) is 2. The summed E-state index contributed by atoms with van der Waals surface area (Å²) in [7, 11) is 0. The minimum Gasteiger partial charge on any atom is -0.301 e. The van der Waals surface area contributed by atoms with Gasteiger partial charge < -0.3 is 5.32 Å². The van der Waals surface area contributed by atoms with Gasteiger partial charge >= 0.3 is 6.41 Å². The van der Waals surface area contributed by atoms with Crippen LogP contribution >= 0.6 is 0 Å². The monoisotopic (exact) mass is 160 g/mol. The van der Waals surface area contributed by atoms with E-state index in [4.69, 9.17) is 0 Å². The maximum atomic E-state index is 9.97. The highest BCUT2D eigenvalue weighted by Gasteiger charge is 1.97. The molecule has 0 spiro atoms. The van der Waals surface area contributed by atoms with Gasteiger partial charge in [0.05, 0.1) is 5.52 Å². The van der Waals surface area contributed by atoms with Crippen molar-refractivity contribution in [1.29, 1.82) is 0 Å². The molecule has 59 valence electrons. The summed E-state index contributed by atoms with van der Waals surface area (Å²) in [6.07, 6.45) is 3.38. The maximum Gasteiger partial charge on any atom is 0.315 e. The Kier molecular flexibility index (Phi) is 1.51. The second kappa shape index (κ2) is 2.65. The number of nitrogens with zero attached hydrogens (tertiary/aromatic N) is 2. The summed E-state index contributed by atoms with van der Waals surface area (Å²) in [4.78, 5) is 9.97. The molecule has 1 N–H and O–H groups in total. The molecule has 2 aromatic rings. The molecule has 0 unspecified atom stereocenters. The Balaban J connectivity index is 2.54. The molecule has 0 aromatic carbocycles. The fourth-order valence-electron chi connectivity index (χ4n) is 1.05. The van der Waals surface area contributed by atoms with Gasteiger partial charge in [-0.15, -0.1) is 0 Å². The largest absolute Gasteiger partial charge is 0.315 e. The highest BCUT2D eigenvalue weighted by molar-refractivity contribution is 5.72. The van der Waals surface area contributed by atoms with Crippen LogP contribution in [0.2, 0.25) is 0 Å². The average molecular weight is 160 g/mol. The van der Waals surface area contributed by atoms with Crippen LogP contribution in [-0.2, 0) is 4.79 Å². The lowest BCUT2D eigenvalue weighted by Crippen LogP contribution is -1.94. The molecule has 2 rings (SSSR count). The molecule has 0 bridgehead atoms. The number of amides is 1. The van der Waals surface area contributed by atoms with Crippen molar-refractivity contribution < 1.29 is 4.79 Å². The molecule has 0 aliphatic carbocycles. The highest BCUT2D eigenvalue weighted by Crippen LogP contribution is 2.08. The Bertz CT molecular complexity index is 374. The molecule has 4 heteroatoms. The van der Waals surface area contributed by atoms with Crippen LogP contribution in [0.25, 0.3) is 5.52 Å². The van der Waals surface area contributed by atoms with Gasteiger partial charge in [-0.1, -0.05) is 6.07 Å². The first-order valence-corrected chi connectivity index (χ1v) is 3.48. The molecule has 0 saturated carbocycles. The molecule has 0 fully saturated rings. The lowest BCUT2D eigenvalue weighted by molar-refractivity contribution is 0.560. The van der Waals surface area contributed by atoms with Crippen molar-refractivity contribution in [2.45, 2.75) is 0 Å². The van der Waals surface area contributed by atoms with E-state index >= 15 is 0 Å². The summed E-state index contributed by atoms with van der Waals surface area (Å²) in [5.41, 5.74) is 0.940. The van der Waals surface area contributed by atoms with Crippen LogP contribution in [0.1, 0.15) is 0 Å². The number of nitrogens with one attached hydrogen (secondary N) is 1. The second-order valence-corrected chi connectivity index (χ2v) is 2.33. The van der Waals surface area contributed by atoms with E-state index in [1.54, 1.807) is 17.0 Å². The summed E-state index contributed by atoms with van der Waals surface area (Å²) in [5, 5.41) is 6.40. The van der Waals surface area contributed by atoms with Crippen molar-refractivity contribution in [1.82, 2.24) is 9.61 Å². The summed E-state index contributed by atoms with van der Waals surface area (Å²) < 4.78 is 1.68. The van der Waals surface area contributed by atoms with E-state index in [1.807, 2.05) is 24.4 Å². The molecular weight excluding hydrogens is 154 g/mol. The number of anilines is 1. The number of hydrogen-bond donors (Lipinski definition) is 1. The molecule has 0 saturated heterocycles. The van der Waals surface area contributed by atoms with Crippen molar-refractivity contribution in [2.24, 2.45) is 0 Å². The van der Waals surface area contributed by atoms with Crippen LogP contribution in [0.4, 0.5) is 5.82 Å². The minimum atomic E-state index is 0.510. The second-order valence-electron chi connectivity index (χ2n) is 2.33. The third-order valence-corrected chi connectivity index (χ3v) is 1.55. The van der Waals surface area contributed by atoms with E-state index in [0.29, 0.717) is 5.82 Å². The van der Waals surface area contributed by atoms with Crippen LogP contribution in [0.5, 0.6) is 0 Å². The SMILES string of the molecule is O=[C]Nc1cc2ccccn2n1. The van der Waals surface area contributed by atoms with Crippen LogP contribution in [0, 0.1) is 0 Å². The Morgan fingerprint density at radius 2 is 2.42 bits per heavy atom. The van der Waals surface area contributed by atoms with Crippen molar-refractivity contribution in [2.75, 3.05) is 5.32 Å². The molecule has 0 atom stereocenters. The van der Waals surface area contributed by atoms with Gasteiger partial charge in [0.2, 0.25) is 0 Å². The van der Waals surface area contributed by atoms with Crippen LogP contribution < -0.4 is 5.32 Å². The Hall–Kier alpha value is -1.84. The van der Waals surface area contributed by atoms with Gasteiger partial charge in [0.25, 0.3) is 0 Å². The van der Waals surface area contributed by atoms with Gasteiger partial charge in [-0.25, -0.2) is 4.52 Å². The highest BCUT2D eigenvalue weighted by atomic mass is 16.1. The number of fused-ring (bicyclic) bond motifs is 1. The standard InChI is InChI=1S/C8H6N3O/c12-6-9-8-5-7-3-1-2-4-11(7)10-8/h1-5H,(H,9,10,12). The lowest BCUT2D eigenvalue weighted by atomic mass is 10.4. The summed E-state index contributed by atoms with van der Waals surface area (Å²) in [6.45, 7) is 0. The Morgan fingerprint density at radius 3 is 3.17 bits per heavy atom. The third-order valence-electron chi connectivity index (χ3n) is 1.55. The molecule has 1 amide bonds. The van der Waals surface area contributed by atoms with Crippen LogP contribution in [0.15, 0.2) is 30.5 Å². The van der Waals surface area contributed by atoms with Crippen LogP contribution in [-0.4, -0.2) is 16.0 Å². The Morgan fingerprint density at radius 1 is 1.50 bits per heavy atom. The molecule has 2 aromatic heterocycles. The zero-order valence-corrected chi connectivity index (χ0v) is 6.19. The topological polar surface area (TPSA) is 46.4 Å². The number of rotatable bonds is 2. The molecular formula is C8H6N3O. The zero-order chi connectivity index (χ0) is 8.39. The molecule has 0 aliphatic rings. The predicted octanol–water partition coefficient (Wildman–Crippen LogP) is 0.813. The molecule has 12 heavy (non-hydrogen) atoms. The van der Waals surface area contributed by atoms with E-state index in [0.717, 1.165) is 5.52 Å². The fraction of sp³-hybridized carbons (Fsp3) is 0. The quantitative estimate of drug-likeness (QED) is 0.661. The minimum absolute atomic E-state index is 0.510. The Labute approximate surface area is 68.8 Å². The number of aromatic nitrogens is 2. The van der Waals surface area contributed by atoms with E-state index in [9.17, 15) is 4.79 Å². The van der Waals surface area contributed by atoms with E-state index in [1.165, 1.54) is 0 Å². The maximum absolute atomic E-state index is 9.97. The lowest BCUT2D eigenvalue weighted by Gasteiger charge is -1.87. The predicted molar refractivity (Wildman–Crippen MR) is 44.5 cm³/mol. The van der Waals surface area contributed by atoms with E-state index < -0.39 is 0 Å². The van der Waals surface area contributed by atoms with Crippen LogP contribution in [0.3, 0.4) is 0 Å². The summed E-state index contributed by atoms with van der Waals surface area (Å²) >= 11 is 0. The normalized spacial score (nSPS) is 10.0. The first kappa shape index (κ1) is 6.84. The molecule has 1 radical (unpaired) electrons. The van der Waals surface area contributed by atoms with E-state index in [-0.39, 0.29) is 0 Å².